The fourth-order valence-corrected chi connectivity index (χ4v) is 0.770. The molecule has 0 aromatic carbocycles. The van der Waals surface area contributed by atoms with Crippen LogP contribution in [0.15, 0.2) is 4.99 Å². The molecular weight excluding hydrogens is 184 g/mol. The Morgan fingerprint density at radius 2 is 2.00 bits per heavy atom. The van der Waals surface area contributed by atoms with Crippen LogP contribution in [0.5, 0.6) is 0 Å². The third-order valence-corrected chi connectivity index (χ3v) is 1.39. The molecule has 6 heteroatoms. The molecule has 0 rings (SSSR count). The predicted molar refractivity (Wildman–Crippen MR) is 54.5 cm³/mol. The highest BCUT2D eigenvalue weighted by molar-refractivity contribution is 5.76. The van der Waals surface area contributed by atoms with Gasteiger partial charge in [-0.2, -0.15) is 0 Å². The number of nitrogens with two attached hydrogens (primary N) is 3. The Morgan fingerprint density at radius 1 is 1.43 bits per heavy atom. The summed E-state index contributed by atoms with van der Waals surface area (Å²) in [5.41, 5.74) is 15.7. The first-order chi connectivity index (χ1) is 6.43. The fraction of sp³-hybridized carbons (Fsp3) is 0.750. The van der Waals surface area contributed by atoms with Crippen molar-refractivity contribution < 1.29 is 9.53 Å². The lowest BCUT2D eigenvalue weighted by Gasteiger charge is -2.12. The number of aliphatic imine (C=N–C) groups is 1. The highest BCUT2D eigenvalue weighted by Crippen LogP contribution is 1.96. The van der Waals surface area contributed by atoms with Gasteiger partial charge in [0, 0.05) is 6.54 Å². The maximum absolute atomic E-state index is 11.2. The summed E-state index contributed by atoms with van der Waals surface area (Å²) in [5.74, 6) is -0.430. The van der Waals surface area contributed by atoms with Crippen LogP contribution in [0.1, 0.15) is 20.3 Å². The van der Waals surface area contributed by atoms with Gasteiger partial charge in [-0.3, -0.25) is 9.79 Å². The Bertz CT molecular complexity index is 211. The molecule has 0 amide bonds. The molecule has 0 aliphatic rings. The third-order valence-electron chi connectivity index (χ3n) is 1.39. The van der Waals surface area contributed by atoms with Gasteiger partial charge in [0.25, 0.3) is 0 Å². The quantitative estimate of drug-likeness (QED) is 0.298. The zero-order valence-corrected chi connectivity index (χ0v) is 8.56. The Kier molecular flexibility index (Phi) is 5.62. The van der Waals surface area contributed by atoms with Crippen molar-refractivity contribution in [1.29, 1.82) is 0 Å². The lowest BCUT2D eigenvalue weighted by atomic mass is 10.2. The van der Waals surface area contributed by atoms with E-state index in [1.807, 2.05) is 0 Å². The molecule has 6 nitrogen and oxygen atoms in total. The number of ether oxygens (including phenoxy) is 1. The molecule has 82 valence electrons. The number of carbonyl (C=O) groups is 1. The van der Waals surface area contributed by atoms with E-state index >= 15 is 0 Å². The van der Waals surface area contributed by atoms with Crippen LogP contribution in [0, 0.1) is 0 Å². The van der Waals surface area contributed by atoms with Crippen molar-refractivity contribution in [2.75, 3.05) is 6.54 Å². The summed E-state index contributed by atoms with van der Waals surface area (Å²) in [7, 11) is 0. The van der Waals surface area contributed by atoms with E-state index in [1.165, 1.54) is 0 Å². The standard InChI is InChI=1S/C8H18N4O2/c1-5(2)14-7(13)6(9)3-4-12-8(10)11/h5-6H,3-4,9H2,1-2H3,(H4,10,11,12)/t6-/m0/s1. The van der Waals surface area contributed by atoms with Gasteiger partial charge in [0.05, 0.1) is 6.10 Å². The lowest BCUT2D eigenvalue weighted by Crippen LogP contribution is -2.34. The fourth-order valence-electron chi connectivity index (χ4n) is 0.770. The molecule has 0 unspecified atom stereocenters. The second kappa shape index (κ2) is 6.20. The van der Waals surface area contributed by atoms with Gasteiger partial charge in [0.15, 0.2) is 5.96 Å². The summed E-state index contributed by atoms with van der Waals surface area (Å²) in [5, 5.41) is 0. The molecule has 1 atom stereocenters. The predicted octanol–water partition coefficient (Wildman–Crippen LogP) is -1.07. The van der Waals surface area contributed by atoms with Gasteiger partial charge in [-0.05, 0) is 20.3 Å². The molecule has 0 saturated heterocycles. The van der Waals surface area contributed by atoms with Crippen LogP contribution < -0.4 is 17.2 Å². The van der Waals surface area contributed by atoms with Gasteiger partial charge in [-0.25, -0.2) is 0 Å². The normalized spacial score (nSPS) is 12.3. The van der Waals surface area contributed by atoms with Gasteiger partial charge in [0.2, 0.25) is 0 Å². The molecule has 0 bridgehead atoms. The maximum atomic E-state index is 11.2. The summed E-state index contributed by atoms with van der Waals surface area (Å²) in [6.07, 6.45) is 0.223. The van der Waals surface area contributed by atoms with Crippen molar-refractivity contribution in [3.8, 4) is 0 Å². The van der Waals surface area contributed by atoms with Crippen molar-refractivity contribution >= 4 is 11.9 Å². The molecular formula is C8H18N4O2. The van der Waals surface area contributed by atoms with Gasteiger partial charge < -0.3 is 21.9 Å². The molecule has 6 N–H and O–H groups in total. The molecule has 14 heavy (non-hydrogen) atoms. The highest BCUT2D eigenvalue weighted by atomic mass is 16.5. The Hall–Kier alpha value is -1.30. The Balaban J connectivity index is 3.79. The number of carbonyl (C=O) groups excluding carboxylic acids is 1. The van der Waals surface area contributed by atoms with Crippen LogP contribution in [0.2, 0.25) is 0 Å². The van der Waals surface area contributed by atoms with Crippen LogP contribution in [0.3, 0.4) is 0 Å². The summed E-state index contributed by atoms with van der Waals surface area (Å²) in [4.78, 5) is 14.9. The topological polar surface area (TPSA) is 117 Å². The molecule has 0 spiro atoms. The summed E-state index contributed by atoms with van der Waals surface area (Å²) in [6.45, 7) is 3.86. The van der Waals surface area contributed by atoms with Gasteiger partial charge in [0.1, 0.15) is 6.04 Å². The largest absolute Gasteiger partial charge is 0.462 e. The highest BCUT2D eigenvalue weighted by Gasteiger charge is 2.15. The van der Waals surface area contributed by atoms with Crippen LogP contribution in [-0.4, -0.2) is 30.6 Å². The van der Waals surface area contributed by atoms with Crippen molar-refractivity contribution in [2.24, 2.45) is 22.2 Å². The van der Waals surface area contributed by atoms with Crippen LogP contribution in [0.4, 0.5) is 0 Å². The van der Waals surface area contributed by atoms with E-state index < -0.39 is 12.0 Å². The maximum Gasteiger partial charge on any atom is 0.323 e. The minimum absolute atomic E-state index is 0.00516. The smallest absolute Gasteiger partial charge is 0.323 e. The van der Waals surface area contributed by atoms with Crippen LogP contribution >= 0.6 is 0 Å². The number of hydrogen-bond acceptors (Lipinski definition) is 4. The summed E-state index contributed by atoms with van der Waals surface area (Å²) >= 11 is 0. The minimum Gasteiger partial charge on any atom is -0.462 e. The monoisotopic (exact) mass is 202 g/mol. The second-order valence-corrected chi connectivity index (χ2v) is 3.19. The molecule has 0 heterocycles. The van der Waals surface area contributed by atoms with Crippen molar-refractivity contribution in [2.45, 2.75) is 32.4 Å². The van der Waals surface area contributed by atoms with Crippen molar-refractivity contribution in [3.05, 3.63) is 0 Å². The summed E-state index contributed by atoms with van der Waals surface area (Å²) < 4.78 is 4.89. The van der Waals surface area contributed by atoms with E-state index in [0.717, 1.165) is 0 Å². The van der Waals surface area contributed by atoms with Gasteiger partial charge in [-0.15, -0.1) is 0 Å². The number of nitrogens with zero attached hydrogens (tertiary/aromatic N) is 1. The van der Waals surface area contributed by atoms with Crippen LogP contribution in [0.25, 0.3) is 0 Å². The zero-order chi connectivity index (χ0) is 11.1. The van der Waals surface area contributed by atoms with E-state index in [1.54, 1.807) is 13.8 Å². The molecule has 0 saturated carbocycles. The number of esters is 1. The first-order valence-electron chi connectivity index (χ1n) is 4.45. The third kappa shape index (κ3) is 6.24. The average Bonchev–Trinajstić information content (AvgIpc) is 2.01. The van der Waals surface area contributed by atoms with Crippen molar-refractivity contribution in [3.63, 3.8) is 0 Å². The van der Waals surface area contributed by atoms with Gasteiger partial charge >= 0.3 is 5.97 Å². The van der Waals surface area contributed by atoms with Crippen LogP contribution in [-0.2, 0) is 9.53 Å². The van der Waals surface area contributed by atoms with E-state index in [9.17, 15) is 4.79 Å². The number of hydrogen-bond donors (Lipinski definition) is 3. The molecule has 0 fully saturated rings. The second-order valence-electron chi connectivity index (χ2n) is 3.19. The molecule has 0 aliphatic heterocycles. The van der Waals surface area contributed by atoms with E-state index in [0.29, 0.717) is 13.0 Å². The van der Waals surface area contributed by atoms with E-state index in [2.05, 4.69) is 4.99 Å². The Morgan fingerprint density at radius 3 is 2.43 bits per heavy atom. The molecule has 0 radical (unpaired) electrons. The molecule has 0 aliphatic carbocycles. The van der Waals surface area contributed by atoms with E-state index in [-0.39, 0.29) is 12.1 Å². The lowest BCUT2D eigenvalue weighted by molar-refractivity contribution is -0.149. The van der Waals surface area contributed by atoms with Crippen molar-refractivity contribution in [1.82, 2.24) is 0 Å². The minimum atomic E-state index is -0.666. The van der Waals surface area contributed by atoms with Gasteiger partial charge in [-0.1, -0.05) is 0 Å². The first kappa shape index (κ1) is 12.7. The Labute approximate surface area is 83.5 Å². The number of guanidine groups is 1. The number of rotatable bonds is 5. The first-order valence-corrected chi connectivity index (χ1v) is 4.45. The van der Waals surface area contributed by atoms with E-state index in [4.69, 9.17) is 21.9 Å². The zero-order valence-electron chi connectivity index (χ0n) is 8.56. The average molecular weight is 202 g/mol. The molecule has 0 aromatic heterocycles. The summed E-state index contributed by atoms with van der Waals surface area (Å²) in [6, 6.07) is -0.666. The SMILES string of the molecule is CC(C)OC(=O)[C@@H](N)CCN=C(N)N. The molecule has 0 aromatic rings.